The third-order valence-corrected chi connectivity index (χ3v) is 4.72. The quantitative estimate of drug-likeness (QED) is 0.553. The molecule has 0 bridgehead atoms. The minimum atomic E-state index is -0.226. The average Bonchev–Trinajstić information content (AvgIpc) is 3.12. The van der Waals surface area contributed by atoms with Crippen molar-refractivity contribution in [2.24, 2.45) is 0 Å². The first-order valence-electron chi connectivity index (χ1n) is 9.17. The molecule has 142 valence electrons. The molecule has 0 saturated carbocycles. The van der Waals surface area contributed by atoms with Crippen LogP contribution in [0.1, 0.15) is 13.3 Å². The van der Waals surface area contributed by atoms with Gasteiger partial charge >= 0.3 is 0 Å². The number of nitrogens with one attached hydrogen (secondary N) is 1. The van der Waals surface area contributed by atoms with Crippen molar-refractivity contribution < 1.29 is 4.79 Å². The summed E-state index contributed by atoms with van der Waals surface area (Å²) in [5.41, 5.74) is 2.11. The summed E-state index contributed by atoms with van der Waals surface area (Å²) in [6.45, 7) is 2.38. The molecule has 0 aliphatic heterocycles. The van der Waals surface area contributed by atoms with Gasteiger partial charge in [-0.2, -0.15) is 0 Å². The topological polar surface area (TPSA) is 94.7 Å². The van der Waals surface area contributed by atoms with Gasteiger partial charge in [0.25, 0.3) is 5.56 Å². The molecule has 0 aliphatic carbocycles. The summed E-state index contributed by atoms with van der Waals surface area (Å²) in [5.74, 6) is -0.142. The highest BCUT2D eigenvalue weighted by atomic mass is 16.2. The van der Waals surface area contributed by atoms with Gasteiger partial charge in [-0.1, -0.05) is 36.4 Å². The second-order valence-corrected chi connectivity index (χ2v) is 6.63. The highest BCUT2D eigenvalue weighted by Crippen LogP contribution is 2.11. The average molecular weight is 376 g/mol. The molecular formula is C20H20N6O2. The van der Waals surface area contributed by atoms with Gasteiger partial charge in [0, 0.05) is 6.04 Å². The third kappa shape index (κ3) is 3.48. The number of aromatic nitrogens is 5. The molecule has 0 radical (unpaired) electrons. The molecule has 0 spiro atoms. The molecule has 8 heteroatoms. The highest BCUT2D eigenvalue weighted by molar-refractivity contribution is 5.80. The van der Waals surface area contributed by atoms with E-state index in [1.54, 1.807) is 29.1 Å². The van der Waals surface area contributed by atoms with Crippen LogP contribution >= 0.6 is 0 Å². The van der Waals surface area contributed by atoms with Gasteiger partial charge in [-0.3, -0.25) is 9.59 Å². The number of fused-ring (bicyclic) bond motifs is 2. The summed E-state index contributed by atoms with van der Waals surface area (Å²) in [5, 5.41) is 11.6. The smallest absolute Gasteiger partial charge is 0.277 e. The largest absolute Gasteiger partial charge is 0.350 e. The maximum absolute atomic E-state index is 12.6. The molecule has 28 heavy (non-hydrogen) atoms. The lowest BCUT2D eigenvalue weighted by molar-refractivity contribution is -0.122. The van der Waals surface area contributed by atoms with Crippen LogP contribution in [0, 0.1) is 0 Å². The molecular weight excluding hydrogens is 356 g/mol. The monoisotopic (exact) mass is 376 g/mol. The number of nitrogens with zero attached hydrogens (tertiary/aromatic N) is 5. The number of hydrogen-bond acceptors (Lipinski definition) is 5. The van der Waals surface area contributed by atoms with Gasteiger partial charge in [0.05, 0.1) is 29.3 Å². The number of imidazole rings is 1. The molecule has 1 atom stereocenters. The summed E-state index contributed by atoms with van der Waals surface area (Å²) in [7, 11) is 0. The number of carbonyl (C=O) groups excluding carboxylic acids is 1. The van der Waals surface area contributed by atoms with Crippen LogP contribution in [0.15, 0.2) is 59.7 Å². The van der Waals surface area contributed by atoms with Gasteiger partial charge < -0.3 is 9.88 Å². The normalized spacial score (nSPS) is 12.3. The molecule has 0 unspecified atom stereocenters. The Bertz CT molecular complexity index is 1200. The number of amides is 1. The van der Waals surface area contributed by atoms with Crippen LogP contribution in [0.4, 0.5) is 0 Å². The molecule has 1 amide bonds. The fourth-order valence-electron chi connectivity index (χ4n) is 3.19. The molecule has 2 heterocycles. The lowest BCUT2D eigenvalue weighted by Crippen LogP contribution is -2.42. The zero-order valence-corrected chi connectivity index (χ0v) is 15.4. The summed E-state index contributed by atoms with van der Waals surface area (Å²) < 4.78 is 3.11. The Balaban J connectivity index is 1.48. The van der Waals surface area contributed by atoms with Crippen LogP contribution in [0.5, 0.6) is 0 Å². The number of hydrogen-bond donors (Lipinski definition) is 1. The van der Waals surface area contributed by atoms with Crippen molar-refractivity contribution in [1.82, 2.24) is 29.9 Å². The first-order chi connectivity index (χ1) is 13.7. The maximum Gasteiger partial charge on any atom is 0.277 e. The van der Waals surface area contributed by atoms with E-state index >= 15 is 0 Å². The molecule has 0 saturated heterocycles. The predicted molar refractivity (Wildman–Crippen MR) is 106 cm³/mol. The molecule has 4 rings (SSSR count). The van der Waals surface area contributed by atoms with Crippen LogP contribution in [-0.4, -0.2) is 36.5 Å². The molecule has 4 aromatic rings. The summed E-state index contributed by atoms with van der Waals surface area (Å²) >= 11 is 0. The SMILES string of the molecule is CC[C@H](Cn1nnc2ccccc2c1=O)NC(=O)Cn1cnc2ccccc21. The molecule has 0 aliphatic rings. The fourth-order valence-corrected chi connectivity index (χ4v) is 3.19. The Labute approximate surface area is 160 Å². The number of carbonyl (C=O) groups is 1. The van der Waals surface area contributed by atoms with Crippen LogP contribution in [0.25, 0.3) is 21.9 Å². The van der Waals surface area contributed by atoms with Crippen molar-refractivity contribution in [3.05, 3.63) is 65.2 Å². The Morgan fingerprint density at radius 2 is 1.86 bits per heavy atom. The lowest BCUT2D eigenvalue weighted by Gasteiger charge is -2.17. The van der Waals surface area contributed by atoms with Crippen LogP contribution in [0.3, 0.4) is 0 Å². The zero-order valence-electron chi connectivity index (χ0n) is 15.4. The maximum atomic E-state index is 12.6. The van der Waals surface area contributed by atoms with Gasteiger partial charge in [0.1, 0.15) is 12.1 Å². The van der Waals surface area contributed by atoms with Gasteiger partial charge in [0.15, 0.2) is 0 Å². The first kappa shape index (κ1) is 17.8. The van der Waals surface area contributed by atoms with Crippen molar-refractivity contribution in [2.45, 2.75) is 32.5 Å². The standard InChI is InChI=1S/C20H20N6O2/c1-2-14(11-26-20(28)15-7-3-4-8-16(15)23-24-26)22-19(27)12-25-13-21-17-9-5-6-10-18(17)25/h3-10,13-14H,2,11-12H2,1H3,(H,22,27)/t14-/m1/s1. The Kier molecular flexibility index (Phi) is 4.84. The minimum Gasteiger partial charge on any atom is -0.350 e. The van der Waals surface area contributed by atoms with Crippen LogP contribution in [-0.2, 0) is 17.9 Å². The Hall–Kier alpha value is -3.55. The molecule has 0 fully saturated rings. The molecule has 2 aromatic carbocycles. The third-order valence-electron chi connectivity index (χ3n) is 4.72. The van der Waals surface area contributed by atoms with E-state index in [1.165, 1.54) is 4.68 Å². The van der Waals surface area contributed by atoms with Crippen molar-refractivity contribution in [3.8, 4) is 0 Å². The minimum absolute atomic E-state index is 0.142. The second-order valence-electron chi connectivity index (χ2n) is 6.63. The van der Waals surface area contributed by atoms with E-state index in [0.29, 0.717) is 17.3 Å². The van der Waals surface area contributed by atoms with E-state index in [1.807, 2.05) is 37.3 Å². The van der Waals surface area contributed by atoms with Gasteiger partial charge in [-0.15, -0.1) is 5.10 Å². The predicted octanol–water partition coefficient (Wildman–Crippen LogP) is 1.74. The lowest BCUT2D eigenvalue weighted by atomic mass is 10.2. The second kappa shape index (κ2) is 7.59. The first-order valence-corrected chi connectivity index (χ1v) is 9.17. The van der Waals surface area contributed by atoms with Crippen LogP contribution in [0.2, 0.25) is 0 Å². The van der Waals surface area contributed by atoms with Crippen molar-refractivity contribution >= 4 is 27.8 Å². The molecule has 2 aromatic heterocycles. The number of rotatable bonds is 6. The van der Waals surface area contributed by atoms with Crippen molar-refractivity contribution in [3.63, 3.8) is 0 Å². The van der Waals surface area contributed by atoms with Crippen LogP contribution < -0.4 is 10.9 Å². The van der Waals surface area contributed by atoms with Gasteiger partial charge in [-0.05, 0) is 30.7 Å². The van der Waals surface area contributed by atoms with Gasteiger partial charge in [-0.25, -0.2) is 9.67 Å². The van der Waals surface area contributed by atoms with Gasteiger partial charge in [0.2, 0.25) is 5.91 Å². The van der Waals surface area contributed by atoms with E-state index in [0.717, 1.165) is 11.0 Å². The van der Waals surface area contributed by atoms with E-state index in [-0.39, 0.29) is 30.6 Å². The number of para-hydroxylation sites is 2. The highest BCUT2D eigenvalue weighted by Gasteiger charge is 2.15. The van der Waals surface area contributed by atoms with E-state index < -0.39 is 0 Å². The van der Waals surface area contributed by atoms with E-state index in [4.69, 9.17) is 0 Å². The number of benzene rings is 2. The van der Waals surface area contributed by atoms with E-state index in [2.05, 4.69) is 20.6 Å². The molecule has 1 N–H and O–H groups in total. The van der Waals surface area contributed by atoms with Crippen molar-refractivity contribution in [1.29, 1.82) is 0 Å². The summed E-state index contributed by atoms with van der Waals surface area (Å²) in [6.07, 6.45) is 2.32. The van der Waals surface area contributed by atoms with E-state index in [9.17, 15) is 9.59 Å². The molecule has 8 nitrogen and oxygen atoms in total. The summed E-state index contributed by atoms with van der Waals surface area (Å²) in [6, 6.07) is 14.5. The Morgan fingerprint density at radius 1 is 1.11 bits per heavy atom. The summed E-state index contributed by atoms with van der Waals surface area (Å²) in [4.78, 5) is 29.4. The Morgan fingerprint density at radius 3 is 2.68 bits per heavy atom. The van der Waals surface area contributed by atoms with Crippen molar-refractivity contribution in [2.75, 3.05) is 0 Å². The fraction of sp³-hybridized carbons (Fsp3) is 0.250. The zero-order chi connectivity index (χ0) is 19.5.